The molecule has 0 radical (unpaired) electrons. The highest BCUT2D eigenvalue weighted by atomic mass is 32.1. The Labute approximate surface area is 158 Å². The van der Waals surface area contributed by atoms with Crippen LogP contribution < -0.4 is 5.32 Å². The second-order valence-electron chi connectivity index (χ2n) is 6.76. The van der Waals surface area contributed by atoms with Crippen LogP contribution in [0.25, 0.3) is 10.2 Å². The number of ether oxygens (including phenoxy) is 1. The predicted octanol–water partition coefficient (Wildman–Crippen LogP) is 3.79. The van der Waals surface area contributed by atoms with Gasteiger partial charge in [0.1, 0.15) is 17.0 Å². The van der Waals surface area contributed by atoms with Crippen molar-refractivity contribution in [2.75, 3.05) is 38.2 Å². The first-order valence-corrected chi connectivity index (χ1v) is 9.86. The zero-order valence-electron chi connectivity index (χ0n) is 15.2. The molecule has 1 atom stereocenters. The van der Waals surface area contributed by atoms with E-state index in [2.05, 4.69) is 64.4 Å². The Morgan fingerprint density at radius 1 is 1.19 bits per heavy atom. The molecule has 0 saturated carbocycles. The van der Waals surface area contributed by atoms with Gasteiger partial charge in [0, 0.05) is 24.5 Å². The van der Waals surface area contributed by atoms with Gasteiger partial charge in [-0.25, -0.2) is 9.97 Å². The maximum atomic E-state index is 5.55. The molecule has 6 heteroatoms. The van der Waals surface area contributed by atoms with Crippen LogP contribution in [0.1, 0.15) is 22.0 Å². The normalized spacial score (nSPS) is 16.7. The number of nitrogens with one attached hydrogen (secondary N) is 1. The molecule has 2 aromatic heterocycles. The number of fused-ring (bicyclic) bond motifs is 1. The fourth-order valence-corrected chi connectivity index (χ4v) is 4.38. The number of hydrogen-bond acceptors (Lipinski definition) is 6. The third-order valence-corrected chi connectivity index (χ3v) is 5.79. The number of aromatic nitrogens is 2. The lowest BCUT2D eigenvalue weighted by Crippen LogP contribution is -2.41. The van der Waals surface area contributed by atoms with Gasteiger partial charge in [0.15, 0.2) is 0 Å². The lowest BCUT2D eigenvalue weighted by molar-refractivity contribution is 0.0187. The van der Waals surface area contributed by atoms with Gasteiger partial charge in [0.2, 0.25) is 0 Å². The van der Waals surface area contributed by atoms with Crippen molar-refractivity contribution in [2.45, 2.75) is 19.9 Å². The number of hydrogen-bond donors (Lipinski definition) is 1. The van der Waals surface area contributed by atoms with Crippen molar-refractivity contribution < 1.29 is 4.74 Å². The Hall–Kier alpha value is -2.02. The Morgan fingerprint density at radius 2 is 2.04 bits per heavy atom. The molecule has 0 amide bonds. The first-order valence-electron chi connectivity index (χ1n) is 9.04. The van der Waals surface area contributed by atoms with E-state index in [0.29, 0.717) is 6.04 Å². The SMILES string of the molecule is Cc1cccc(C(CNc2ncnc3sc(C)cc23)N2CCOCC2)c1. The number of aryl methyl sites for hydroxylation is 2. The van der Waals surface area contributed by atoms with E-state index in [1.807, 2.05) is 0 Å². The highest BCUT2D eigenvalue weighted by Crippen LogP contribution is 2.29. The van der Waals surface area contributed by atoms with E-state index in [4.69, 9.17) is 4.74 Å². The second-order valence-corrected chi connectivity index (χ2v) is 7.99. The first kappa shape index (κ1) is 17.4. The summed E-state index contributed by atoms with van der Waals surface area (Å²) >= 11 is 1.71. The lowest BCUT2D eigenvalue weighted by atomic mass is 10.0. The fourth-order valence-electron chi connectivity index (χ4n) is 3.53. The summed E-state index contributed by atoms with van der Waals surface area (Å²) in [5.41, 5.74) is 2.63. The number of rotatable bonds is 5. The van der Waals surface area contributed by atoms with Crippen molar-refractivity contribution in [3.05, 3.63) is 52.7 Å². The van der Waals surface area contributed by atoms with Crippen molar-refractivity contribution in [1.82, 2.24) is 14.9 Å². The summed E-state index contributed by atoms with van der Waals surface area (Å²) in [5, 5.41) is 4.70. The van der Waals surface area contributed by atoms with Crippen LogP contribution in [0.5, 0.6) is 0 Å². The number of morpholine rings is 1. The van der Waals surface area contributed by atoms with Crippen LogP contribution in [0.3, 0.4) is 0 Å². The molecule has 3 heterocycles. The van der Waals surface area contributed by atoms with Crippen molar-refractivity contribution in [3.8, 4) is 0 Å². The Balaban J connectivity index is 1.59. The maximum absolute atomic E-state index is 5.55. The summed E-state index contributed by atoms with van der Waals surface area (Å²) in [6, 6.07) is 11.3. The molecular formula is C20H24N4OS. The van der Waals surface area contributed by atoms with Crippen molar-refractivity contribution in [3.63, 3.8) is 0 Å². The van der Waals surface area contributed by atoms with Crippen LogP contribution in [0.2, 0.25) is 0 Å². The predicted molar refractivity (Wildman–Crippen MR) is 107 cm³/mol. The summed E-state index contributed by atoms with van der Waals surface area (Å²) in [4.78, 5) is 13.7. The molecule has 1 unspecified atom stereocenters. The van der Waals surface area contributed by atoms with E-state index in [1.165, 1.54) is 16.0 Å². The molecule has 136 valence electrons. The molecule has 3 aromatic rings. The third kappa shape index (κ3) is 3.72. The largest absolute Gasteiger partial charge is 0.379 e. The minimum Gasteiger partial charge on any atom is -0.379 e. The van der Waals surface area contributed by atoms with E-state index in [-0.39, 0.29) is 0 Å². The average Bonchev–Trinajstić information content (AvgIpc) is 3.04. The Morgan fingerprint density at radius 3 is 2.85 bits per heavy atom. The topological polar surface area (TPSA) is 50.3 Å². The van der Waals surface area contributed by atoms with Gasteiger partial charge in [0.25, 0.3) is 0 Å². The maximum Gasteiger partial charge on any atom is 0.138 e. The van der Waals surface area contributed by atoms with Crippen LogP contribution in [-0.4, -0.2) is 47.7 Å². The lowest BCUT2D eigenvalue weighted by Gasteiger charge is -2.35. The minimum absolute atomic E-state index is 0.295. The molecule has 1 saturated heterocycles. The van der Waals surface area contributed by atoms with E-state index in [9.17, 15) is 0 Å². The summed E-state index contributed by atoms with van der Waals surface area (Å²) < 4.78 is 5.55. The van der Waals surface area contributed by atoms with E-state index in [0.717, 1.165) is 48.9 Å². The van der Waals surface area contributed by atoms with E-state index < -0.39 is 0 Å². The number of anilines is 1. The average molecular weight is 369 g/mol. The molecule has 0 aliphatic carbocycles. The van der Waals surface area contributed by atoms with E-state index in [1.54, 1.807) is 17.7 Å². The van der Waals surface area contributed by atoms with Gasteiger partial charge in [-0.05, 0) is 25.5 Å². The molecular weight excluding hydrogens is 344 g/mol. The fraction of sp³-hybridized carbons (Fsp3) is 0.400. The number of thiophene rings is 1. The molecule has 0 spiro atoms. The van der Waals surface area contributed by atoms with Crippen molar-refractivity contribution >= 4 is 27.4 Å². The number of nitrogens with zero attached hydrogens (tertiary/aromatic N) is 3. The summed E-state index contributed by atoms with van der Waals surface area (Å²) in [5.74, 6) is 0.922. The highest BCUT2D eigenvalue weighted by molar-refractivity contribution is 7.18. The van der Waals surface area contributed by atoms with E-state index >= 15 is 0 Å². The van der Waals surface area contributed by atoms with Crippen LogP contribution in [-0.2, 0) is 4.74 Å². The highest BCUT2D eigenvalue weighted by Gasteiger charge is 2.23. The van der Waals surface area contributed by atoms with Crippen LogP contribution in [0.4, 0.5) is 5.82 Å². The molecule has 5 nitrogen and oxygen atoms in total. The minimum atomic E-state index is 0.295. The molecule has 1 N–H and O–H groups in total. The van der Waals surface area contributed by atoms with Gasteiger partial charge in [-0.15, -0.1) is 11.3 Å². The van der Waals surface area contributed by atoms with Crippen molar-refractivity contribution in [1.29, 1.82) is 0 Å². The molecule has 1 aliphatic heterocycles. The quantitative estimate of drug-likeness (QED) is 0.742. The standard InChI is InChI=1S/C20H24N4OS/c1-14-4-3-5-16(10-14)18(24-6-8-25-9-7-24)12-21-19-17-11-15(2)26-20(17)23-13-22-19/h3-5,10-11,13,18H,6-9,12H2,1-2H3,(H,21,22,23). The molecule has 1 fully saturated rings. The number of benzene rings is 1. The van der Waals surface area contributed by atoms with Gasteiger partial charge in [-0.3, -0.25) is 4.90 Å². The first-order chi connectivity index (χ1) is 12.7. The Bertz CT molecular complexity index is 888. The zero-order chi connectivity index (χ0) is 17.9. The molecule has 1 aliphatic rings. The van der Waals surface area contributed by atoms with Crippen LogP contribution in [0.15, 0.2) is 36.7 Å². The van der Waals surface area contributed by atoms with Gasteiger partial charge >= 0.3 is 0 Å². The van der Waals surface area contributed by atoms with Crippen LogP contribution in [0, 0.1) is 13.8 Å². The van der Waals surface area contributed by atoms with Gasteiger partial charge < -0.3 is 10.1 Å². The zero-order valence-corrected chi connectivity index (χ0v) is 16.1. The van der Waals surface area contributed by atoms with Crippen molar-refractivity contribution in [2.24, 2.45) is 0 Å². The molecule has 0 bridgehead atoms. The molecule has 26 heavy (non-hydrogen) atoms. The molecule has 1 aromatic carbocycles. The van der Waals surface area contributed by atoms with Crippen LogP contribution >= 0.6 is 11.3 Å². The summed E-state index contributed by atoms with van der Waals surface area (Å²) in [6.07, 6.45) is 1.65. The third-order valence-electron chi connectivity index (χ3n) is 4.83. The summed E-state index contributed by atoms with van der Waals surface area (Å²) in [6.45, 7) is 8.57. The second kappa shape index (κ2) is 7.70. The van der Waals surface area contributed by atoms with Gasteiger partial charge in [-0.2, -0.15) is 0 Å². The summed E-state index contributed by atoms with van der Waals surface area (Å²) in [7, 11) is 0. The Kier molecular flexibility index (Phi) is 5.15. The van der Waals surface area contributed by atoms with Gasteiger partial charge in [-0.1, -0.05) is 29.8 Å². The monoisotopic (exact) mass is 368 g/mol. The smallest absolute Gasteiger partial charge is 0.138 e. The van der Waals surface area contributed by atoms with Gasteiger partial charge in [0.05, 0.1) is 24.6 Å². The molecule has 4 rings (SSSR count).